The molecule has 0 fully saturated rings. The number of anilines is 1. The molecule has 0 heterocycles. The van der Waals surface area contributed by atoms with Gasteiger partial charge in [0.1, 0.15) is 0 Å². The normalized spacial score (nSPS) is 11.2. The molecule has 0 aliphatic carbocycles. The van der Waals surface area contributed by atoms with E-state index >= 15 is 0 Å². The average Bonchev–Trinajstić information content (AvgIpc) is 2.61. The van der Waals surface area contributed by atoms with Crippen LogP contribution < -0.4 is 10.7 Å². The summed E-state index contributed by atoms with van der Waals surface area (Å²) in [6.45, 7) is 1.76. The minimum atomic E-state index is -0.365. The maximum Gasteiger partial charge on any atom is 0.240 e. The molecular formula is C18H16Cl3N3O2. The standard InChI is InChI=1S/C18H16Cl3N3O2/c1-11(12-2-4-13(19)5-3-12)23-24-18(26)9-8-17(25)22-16-7-6-14(20)10-15(16)21/h2-7,10H,8-9H2,1H3,(H,22,25)(H,24,26). The van der Waals surface area contributed by atoms with Gasteiger partial charge >= 0.3 is 0 Å². The Morgan fingerprint density at radius 1 is 0.923 bits per heavy atom. The van der Waals surface area contributed by atoms with Crippen LogP contribution in [0.3, 0.4) is 0 Å². The van der Waals surface area contributed by atoms with E-state index in [9.17, 15) is 9.59 Å². The lowest BCUT2D eigenvalue weighted by molar-refractivity contribution is -0.124. The Bertz CT molecular complexity index is 836. The van der Waals surface area contributed by atoms with Crippen molar-refractivity contribution in [2.75, 3.05) is 5.32 Å². The molecule has 2 amide bonds. The molecule has 0 atom stereocenters. The summed E-state index contributed by atoms with van der Waals surface area (Å²) < 4.78 is 0. The molecule has 0 aliphatic rings. The van der Waals surface area contributed by atoms with Crippen molar-refractivity contribution in [3.63, 3.8) is 0 Å². The average molecular weight is 413 g/mol. The summed E-state index contributed by atoms with van der Waals surface area (Å²) in [5.74, 6) is -0.696. The zero-order valence-corrected chi connectivity index (χ0v) is 16.1. The van der Waals surface area contributed by atoms with Gasteiger partial charge in [0.05, 0.1) is 16.4 Å². The summed E-state index contributed by atoms with van der Waals surface area (Å²) in [7, 11) is 0. The van der Waals surface area contributed by atoms with E-state index in [-0.39, 0.29) is 24.7 Å². The van der Waals surface area contributed by atoms with Crippen LogP contribution in [-0.4, -0.2) is 17.5 Å². The monoisotopic (exact) mass is 411 g/mol. The van der Waals surface area contributed by atoms with E-state index in [4.69, 9.17) is 34.8 Å². The van der Waals surface area contributed by atoms with Crippen molar-refractivity contribution < 1.29 is 9.59 Å². The van der Waals surface area contributed by atoms with Gasteiger partial charge in [-0.05, 0) is 42.8 Å². The quantitative estimate of drug-likeness (QED) is 0.523. The molecule has 5 nitrogen and oxygen atoms in total. The number of rotatable bonds is 6. The SMILES string of the molecule is CC(=NNC(=O)CCC(=O)Nc1ccc(Cl)cc1Cl)c1ccc(Cl)cc1. The number of hydrogen-bond donors (Lipinski definition) is 2. The number of benzene rings is 2. The highest BCUT2D eigenvalue weighted by atomic mass is 35.5. The number of halogens is 3. The lowest BCUT2D eigenvalue weighted by Gasteiger charge is -2.07. The van der Waals surface area contributed by atoms with Crippen molar-refractivity contribution in [1.29, 1.82) is 0 Å². The second kappa shape index (κ2) is 9.57. The number of hydrogen-bond acceptors (Lipinski definition) is 3. The van der Waals surface area contributed by atoms with Gasteiger partial charge in [-0.15, -0.1) is 0 Å². The third kappa shape index (κ3) is 6.33. The number of nitrogens with zero attached hydrogens (tertiary/aromatic N) is 1. The minimum Gasteiger partial charge on any atom is -0.325 e. The van der Waals surface area contributed by atoms with Crippen molar-refractivity contribution in [1.82, 2.24) is 5.43 Å². The summed E-state index contributed by atoms with van der Waals surface area (Å²) in [6.07, 6.45) is -0.00522. The van der Waals surface area contributed by atoms with Gasteiger partial charge in [-0.2, -0.15) is 5.10 Å². The lowest BCUT2D eigenvalue weighted by Crippen LogP contribution is -2.21. The number of nitrogens with one attached hydrogen (secondary N) is 2. The number of carbonyl (C=O) groups is 2. The zero-order chi connectivity index (χ0) is 19.1. The van der Waals surface area contributed by atoms with Crippen molar-refractivity contribution in [3.05, 3.63) is 63.1 Å². The molecule has 0 aliphatic heterocycles. The first-order valence-electron chi connectivity index (χ1n) is 7.69. The molecule has 2 aromatic carbocycles. The van der Waals surface area contributed by atoms with Crippen LogP contribution in [0.15, 0.2) is 47.6 Å². The van der Waals surface area contributed by atoms with Crippen LogP contribution in [0, 0.1) is 0 Å². The Balaban J connectivity index is 1.81. The molecule has 0 bridgehead atoms. The fourth-order valence-electron chi connectivity index (χ4n) is 1.99. The van der Waals surface area contributed by atoms with E-state index in [1.165, 1.54) is 6.07 Å². The molecule has 8 heteroatoms. The van der Waals surface area contributed by atoms with Crippen LogP contribution in [0.25, 0.3) is 0 Å². The van der Waals surface area contributed by atoms with Gasteiger partial charge < -0.3 is 5.32 Å². The van der Waals surface area contributed by atoms with Crippen molar-refractivity contribution in [3.8, 4) is 0 Å². The van der Waals surface area contributed by atoms with Crippen LogP contribution in [-0.2, 0) is 9.59 Å². The molecule has 2 N–H and O–H groups in total. The summed E-state index contributed by atoms with van der Waals surface area (Å²) in [5.41, 5.74) is 4.34. The summed E-state index contributed by atoms with van der Waals surface area (Å²) in [5, 5.41) is 8.08. The van der Waals surface area contributed by atoms with Gasteiger partial charge in [-0.3, -0.25) is 9.59 Å². The first kappa shape index (κ1) is 20.2. The van der Waals surface area contributed by atoms with Gasteiger partial charge in [0.2, 0.25) is 11.8 Å². The molecule has 136 valence electrons. The van der Waals surface area contributed by atoms with Crippen LogP contribution in [0.4, 0.5) is 5.69 Å². The van der Waals surface area contributed by atoms with E-state index in [1.54, 1.807) is 43.3 Å². The lowest BCUT2D eigenvalue weighted by atomic mass is 10.1. The summed E-state index contributed by atoms with van der Waals surface area (Å²) >= 11 is 17.6. The summed E-state index contributed by atoms with van der Waals surface area (Å²) in [6, 6.07) is 11.8. The number of amides is 2. The predicted molar refractivity (Wildman–Crippen MR) is 106 cm³/mol. The predicted octanol–water partition coefficient (Wildman–Crippen LogP) is 4.91. The van der Waals surface area contributed by atoms with Gasteiger partial charge in [-0.25, -0.2) is 5.43 Å². The Morgan fingerprint density at radius 2 is 1.54 bits per heavy atom. The van der Waals surface area contributed by atoms with Gasteiger partial charge in [0, 0.05) is 22.9 Å². The highest BCUT2D eigenvalue weighted by Gasteiger charge is 2.09. The third-order valence-corrected chi connectivity index (χ3v) is 4.19. The van der Waals surface area contributed by atoms with Crippen LogP contribution >= 0.6 is 34.8 Å². The van der Waals surface area contributed by atoms with E-state index in [0.29, 0.717) is 26.5 Å². The number of hydrazone groups is 1. The van der Waals surface area contributed by atoms with Gasteiger partial charge in [-0.1, -0.05) is 46.9 Å². The first-order valence-corrected chi connectivity index (χ1v) is 8.82. The molecule has 2 rings (SSSR count). The molecular weight excluding hydrogens is 397 g/mol. The molecule has 0 spiro atoms. The molecule has 0 radical (unpaired) electrons. The molecule has 0 aromatic heterocycles. The highest BCUT2D eigenvalue weighted by Crippen LogP contribution is 2.25. The largest absolute Gasteiger partial charge is 0.325 e. The van der Waals surface area contributed by atoms with Crippen molar-refractivity contribution >= 4 is 58.0 Å². The Labute approximate surface area is 166 Å². The molecule has 26 heavy (non-hydrogen) atoms. The van der Waals surface area contributed by atoms with Crippen molar-refractivity contribution in [2.24, 2.45) is 5.10 Å². The first-order chi connectivity index (χ1) is 12.3. The van der Waals surface area contributed by atoms with E-state index in [0.717, 1.165) is 5.56 Å². The fraction of sp³-hybridized carbons (Fsp3) is 0.167. The second-order valence-corrected chi connectivity index (χ2v) is 6.69. The van der Waals surface area contributed by atoms with Gasteiger partial charge in [0.25, 0.3) is 0 Å². The Morgan fingerprint density at radius 3 is 2.19 bits per heavy atom. The topological polar surface area (TPSA) is 70.6 Å². The van der Waals surface area contributed by atoms with E-state index < -0.39 is 0 Å². The van der Waals surface area contributed by atoms with Crippen LogP contribution in [0.5, 0.6) is 0 Å². The fourth-order valence-corrected chi connectivity index (χ4v) is 2.57. The molecule has 2 aromatic rings. The minimum absolute atomic E-state index is 0.000299. The maximum atomic E-state index is 11.9. The maximum absolute atomic E-state index is 11.9. The summed E-state index contributed by atoms with van der Waals surface area (Å²) in [4.78, 5) is 23.8. The molecule has 0 unspecified atom stereocenters. The molecule has 0 saturated heterocycles. The van der Waals surface area contributed by atoms with Crippen LogP contribution in [0.1, 0.15) is 25.3 Å². The Hall–Kier alpha value is -2.08. The van der Waals surface area contributed by atoms with Crippen molar-refractivity contribution in [2.45, 2.75) is 19.8 Å². The zero-order valence-electron chi connectivity index (χ0n) is 13.9. The highest BCUT2D eigenvalue weighted by molar-refractivity contribution is 6.36. The third-order valence-electron chi connectivity index (χ3n) is 3.39. The van der Waals surface area contributed by atoms with E-state index in [1.807, 2.05) is 0 Å². The van der Waals surface area contributed by atoms with E-state index in [2.05, 4.69) is 15.8 Å². The molecule has 0 saturated carbocycles. The Kier molecular flexibility index (Phi) is 7.45. The smallest absolute Gasteiger partial charge is 0.240 e. The van der Waals surface area contributed by atoms with Gasteiger partial charge in [0.15, 0.2) is 0 Å². The van der Waals surface area contributed by atoms with Crippen LogP contribution in [0.2, 0.25) is 15.1 Å². The number of carbonyl (C=O) groups excluding carboxylic acids is 2. The second-order valence-electron chi connectivity index (χ2n) is 5.41.